The van der Waals surface area contributed by atoms with E-state index >= 15 is 0 Å². The summed E-state index contributed by atoms with van der Waals surface area (Å²) in [6, 6.07) is 6.78. The van der Waals surface area contributed by atoms with Gasteiger partial charge in [0.25, 0.3) is 0 Å². The zero-order valence-corrected chi connectivity index (χ0v) is 17.7. The number of nitrogens with one attached hydrogen (secondary N) is 2. The first-order chi connectivity index (χ1) is 14.1. The highest BCUT2D eigenvalue weighted by molar-refractivity contribution is 6.35. The monoisotopic (exact) mass is 402 g/mol. The Morgan fingerprint density at radius 1 is 1.07 bits per heavy atom. The topological polar surface area (TPSA) is 73.9 Å². The summed E-state index contributed by atoms with van der Waals surface area (Å²) < 4.78 is 4.90. The minimum atomic E-state index is -0.605. The van der Waals surface area contributed by atoms with Gasteiger partial charge in [-0.15, -0.1) is 0 Å². The summed E-state index contributed by atoms with van der Waals surface area (Å²) in [7, 11) is 3.70. The molecule has 2 amide bonds. The second-order valence-electron chi connectivity index (χ2n) is 7.98. The Morgan fingerprint density at radius 3 is 2.59 bits per heavy atom. The fourth-order valence-corrected chi connectivity index (χ4v) is 4.32. The Labute approximate surface area is 173 Å². The molecule has 1 fully saturated rings. The van der Waals surface area contributed by atoms with Gasteiger partial charge in [-0.25, -0.2) is 0 Å². The molecule has 1 aromatic rings. The molecule has 7 nitrogen and oxygen atoms in total. The third kappa shape index (κ3) is 5.70. The minimum absolute atomic E-state index is 0.0866. The molecule has 2 aliphatic rings. The van der Waals surface area contributed by atoms with Crippen molar-refractivity contribution in [1.29, 1.82) is 0 Å². The molecule has 2 N–H and O–H groups in total. The van der Waals surface area contributed by atoms with Crippen molar-refractivity contribution >= 4 is 17.5 Å². The molecule has 1 saturated heterocycles. The molecule has 2 heterocycles. The Kier molecular flexibility index (Phi) is 7.89. The molecular weight excluding hydrogens is 368 g/mol. The number of amides is 2. The van der Waals surface area contributed by atoms with Crippen molar-refractivity contribution in [2.24, 2.45) is 0 Å². The van der Waals surface area contributed by atoms with Crippen LogP contribution in [0, 0.1) is 0 Å². The minimum Gasteiger partial charge on any atom is -0.383 e. The van der Waals surface area contributed by atoms with Crippen LogP contribution in [0.2, 0.25) is 0 Å². The molecule has 2 aliphatic heterocycles. The molecule has 0 aliphatic carbocycles. The lowest BCUT2D eigenvalue weighted by Crippen LogP contribution is -2.45. The summed E-state index contributed by atoms with van der Waals surface area (Å²) in [6.07, 6.45) is 5.87. The zero-order chi connectivity index (χ0) is 20.6. The predicted molar refractivity (Wildman–Crippen MR) is 114 cm³/mol. The molecule has 0 aromatic heterocycles. The third-order valence-electron chi connectivity index (χ3n) is 5.92. The van der Waals surface area contributed by atoms with Gasteiger partial charge in [-0.3, -0.25) is 14.5 Å². The smallest absolute Gasteiger partial charge is 0.309 e. The van der Waals surface area contributed by atoms with Crippen molar-refractivity contribution in [2.75, 3.05) is 58.4 Å². The number of anilines is 1. The summed E-state index contributed by atoms with van der Waals surface area (Å²) in [5.74, 6) is -1.19. The lowest BCUT2D eigenvalue weighted by atomic mass is 9.95. The maximum absolute atomic E-state index is 12.2. The lowest BCUT2D eigenvalue weighted by Gasteiger charge is -2.36. The molecule has 3 rings (SSSR count). The number of carbonyl (C=O) groups is 2. The van der Waals surface area contributed by atoms with Gasteiger partial charge in [0.1, 0.15) is 0 Å². The molecule has 1 unspecified atom stereocenters. The molecule has 1 atom stereocenters. The largest absolute Gasteiger partial charge is 0.383 e. The normalized spacial score (nSPS) is 18.1. The molecule has 1 aromatic carbocycles. The highest BCUT2D eigenvalue weighted by Gasteiger charge is 2.25. The molecule has 29 heavy (non-hydrogen) atoms. The molecule has 0 bridgehead atoms. The summed E-state index contributed by atoms with van der Waals surface area (Å²) in [5.41, 5.74) is 3.90. The maximum atomic E-state index is 12.2. The van der Waals surface area contributed by atoms with Crippen LogP contribution in [-0.2, 0) is 20.7 Å². The van der Waals surface area contributed by atoms with Gasteiger partial charge in [0.2, 0.25) is 0 Å². The number of ether oxygens (including phenoxy) is 1. The van der Waals surface area contributed by atoms with E-state index < -0.39 is 11.8 Å². The average molecular weight is 403 g/mol. The highest BCUT2D eigenvalue weighted by atomic mass is 16.5. The Morgan fingerprint density at radius 2 is 1.83 bits per heavy atom. The summed E-state index contributed by atoms with van der Waals surface area (Å²) in [6.45, 7) is 4.30. The van der Waals surface area contributed by atoms with Gasteiger partial charge in [0, 0.05) is 39.5 Å². The van der Waals surface area contributed by atoms with Crippen molar-refractivity contribution in [3.63, 3.8) is 0 Å². The number of benzene rings is 1. The van der Waals surface area contributed by atoms with Gasteiger partial charge in [-0.1, -0.05) is 18.6 Å². The number of aryl methyl sites for hydroxylation is 1. The fraction of sp³-hybridized carbons (Fsp3) is 0.636. The first kappa shape index (κ1) is 21.6. The molecule has 160 valence electrons. The Bertz CT molecular complexity index is 703. The molecule has 7 heteroatoms. The lowest BCUT2D eigenvalue weighted by molar-refractivity contribution is -0.139. The Balaban J connectivity index is 1.70. The Hall–Kier alpha value is -2.12. The third-order valence-corrected chi connectivity index (χ3v) is 5.92. The standard InChI is InChI=1S/C22H34N4O3/c1-25-11-6-7-17-15-18(8-9-19(17)25)20(26-12-4-3-5-13-26)16-24-22(28)21(27)23-10-14-29-2/h8-9,15,20H,3-7,10-14,16H2,1-2H3,(H,23,27)(H,24,28). The van der Waals surface area contributed by atoms with E-state index in [1.54, 1.807) is 7.11 Å². The number of rotatable bonds is 7. The summed E-state index contributed by atoms with van der Waals surface area (Å²) >= 11 is 0. The van der Waals surface area contributed by atoms with Gasteiger partial charge in [0.15, 0.2) is 0 Å². The summed E-state index contributed by atoms with van der Waals surface area (Å²) in [5, 5.41) is 5.43. The van der Waals surface area contributed by atoms with Crippen LogP contribution in [0.3, 0.4) is 0 Å². The number of likely N-dealkylation sites (tertiary alicyclic amines) is 1. The van der Waals surface area contributed by atoms with Crippen LogP contribution in [-0.4, -0.2) is 70.2 Å². The first-order valence-electron chi connectivity index (χ1n) is 10.7. The highest BCUT2D eigenvalue weighted by Crippen LogP contribution is 2.31. The van der Waals surface area contributed by atoms with E-state index in [4.69, 9.17) is 4.74 Å². The van der Waals surface area contributed by atoms with Crippen LogP contribution in [0.1, 0.15) is 42.9 Å². The second kappa shape index (κ2) is 10.6. The first-order valence-corrected chi connectivity index (χ1v) is 10.7. The van der Waals surface area contributed by atoms with Crippen LogP contribution in [0.15, 0.2) is 18.2 Å². The molecule has 0 spiro atoms. The number of carbonyl (C=O) groups excluding carboxylic acids is 2. The molecule has 0 radical (unpaired) electrons. The number of piperidine rings is 1. The van der Waals surface area contributed by atoms with Crippen LogP contribution in [0.25, 0.3) is 0 Å². The van der Waals surface area contributed by atoms with Crippen molar-refractivity contribution in [1.82, 2.24) is 15.5 Å². The average Bonchev–Trinajstić information content (AvgIpc) is 2.74. The quantitative estimate of drug-likeness (QED) is 0.534. The zero-order valence-electron chi connectivity index (χ0n) is 17.7. The second-order valence-corrected chi connectivity index (χ2v) is 7.98. The summed E-state index contributed by atoms with van der Waals surface area (Å²) in [4.78, 5) is 29.0. The van der Waals surface area contributed by atoms with E-state index in [-0.39, 0.29) is 6.04 Å². The van der Waals surface area contributed by atoms with E-state index in [0.29, 0.717) is 19.7 Å². The van der Waals surface area contributed by atoms with E-state index in [9.17, 15) is 9.59 Å². The van der Waals surface area contributed by atoms with Crippen molar-refractivity contribution in [3.8, 4) is 0 Å². The van der Waals surface area contributed by atoms with E-state index in [2.05, 4.69) is 45.7 Å². The molecule has 0 saturated carbocycles. The maximum Gasteiger partial charge on any atom is 0.309 e. The van der Waals surface area contributed by atoms with Gasteiger partial charge < -0.3 is 20.3 Å². The van der Waals surface area contributed by atoms with Gasteiger partial charge in [0.05, 0.1) is 12.6 Å². The van der Waals surface area contributed by atoms with Gasteiger partial charge >= 0.3 is 11.8 Å². The van der Waals surface area contributed by atoms with E-state index in [1.807, 2.05) is 0 Å². The number of hydrogen-bond donors (Lipinski definition) is 2. The fourth-order valence-electron chi connectivity index (χ4n) is 4.32. The van der Waals surface area contributed by atoms with E-state index in [0.717, 1.165) is 26.1 Å². The number of methoxy groups -OCH3 is 1. The van der Waals surface area contributed by atoms with Crippen molar-refractivity contribution in [2.45, 2.75) is 38.1 Å². The van der Waals surface area contributed by atoms with E-state index in [1.165, 1.54) is 42.5 Å². The number of fused-ring (bicyclic) bond motifs is 1. The van der Waals surface area contributed by atoms with Gasteiger partial charge in [-0.05, 0) is 56.0 Å². The van der Waals surface area contributed by atoms with Crippen LogP contribution in [0.5, 0.6) is 0 Å². The predicted octanol–water partition coefficient (Wildman–Crippen LogP) is 1.47. The molecular formula is C22H34N4O3. The van der Waals surface area contributed by atoms with Crippen LogP contribution < -0.4 is 15.5 Å². The van der Waals surface area contributed by atoms with Crippen LogP contribution >= 0.6 is 0 Å². The van der Waals surface area contributed by atoms with Crippen molar-refractivity contribution < 1.29 is 14.3 Å². The number of hydrogen-bond acceptors (Lipinski definition) is 5. The van der Waals surface area contributed by atoms with Crippen molar-refractivity contribution in [3.05, 3.63) is 29.3 Å². The number of nitrogens with zero attached hydrogens (tertiary/aromatic N) is 2. The van der Waals surface area contributed by atoms with Gasteiger partial charge in [-0.2, -0.15) is 0 Å². The SMILES string of the molecule is COCCNC(=O)C(=O)NCC(c1ccc2c(c1)CCCN2C)N1CCCCC1. The van der Waals surface area contributed by atoms with Crippen LogP contribution in [0.4, 0.5) is 5.69 Å².